The fourth-order valence-corrected chi connectivity index (χ4v) is 3.48. The quantitative estimate of drug-likeness (QED) is 0.746. The van der Waals surface area contributed by atoms with E-state index in [1.54, 1.807) is 0 Å². The van der Waals surface area contributed by atoms with Gasteiger partial charge in [-0.2, -0.15) is 0 Å². The predicted molar refractivity (Wildman–Crippen MR) is 95.9 cm³/mol. The van der Waals surface area contributed by atoms with E-state index in [2.05, 4.69) is 14.8 Å². The molecule has 0 saturated carbocycles. The third-order valence-electron chi connectivity index (χ3n) is 3.35. The zero-order valence-corrected chi connectivity index (χ0v) is 15.2. The van der Waals surface area contributed by atoms with E-state index in [-0.39, 0.29) is 27.8 Å². The first kappa shape index (κ1) is 19.3. The van der Waals surface area contributed by atoms with Gasteiger partial charge in [-0.15, -0.1) is 0 Å². The molecule has 2 aromatic carbocycles. The van der Waals surface area contributed by atoms with E-state index in [0.29, 0.717) is 5.69 Å². The average molecular weight is 378 g/mol. The van der Waals surface area contributed by atoms with Gasteiger partial charge in [0.1, 0.15) is 10.6 Å². The highest BCUT2D eigenvalue weighted by Gasteiger charge is 2.23. The molecule has 0 radical (unpaired) electrons. The van der Waals surface area contributed by atoms with Crippen molar-refractivity contribution in [2.75, 3.05) is 24.3 Å². The summed E-state index contributed by atoms with van der Waals surface area (Å²) in [5.41, 5.74) is 0.526. The van der Waals surface area contributed by atoms with Crippen LogP contribution in [-0.4, -0.2) is 34.5 Å². The topological polar surface area (TPSA) is 111 Å². The lowest BCUT2D eigenvalue weighted by molar-refractivity contribution is -0.114. The van der Waals surface area contributed by atoms with E-state index in [9.17, 15) is 18.0 Å². The molecule has 2 rings (SSSR count). The van der Waals surface area contributed by atoms with Crippen molar-refractivity contribution in [1.82, 2.24) is 0 Å². The highest BCUT2D eigenvalue weighted by atomic mass is 32.2. The Morgan fingerprint density at radius 3 is 2.35 bits per heavy atom. The van der Waals surface area contributed by atoms with E-state index in [4.69, 9.17) is 4.74 Å². The Hall–Kier alpha value is -3.07. The number of amides is 1. The van der Waals surface area contributed by atoms with Crippen molar-refractivity contribution < 1.29 is 27.5 Å². The number of anilines is 2. The maximum absolute atomic E-state index is 12.7. The highest BCUT2D eigenvalue weighted by molar-refractivity contribution is 7.92. The lowest BCUT2D eigenvalue weighted by atomic mass is 10.2. The smallest absolute Gasteiger partial charge is 0.339 e. The average Bonchev–Trinajstić information content (AvgIpc) is 2.61. The number of methoxy groups -OCH3 is 2. The van der Waals surface area contributed by atoms with Gasteiger partial charge in [-0.25, -0.2) is 13.2 Å². The molecule has 0 bridgehead atoms. The van der Waals surface area contributed by atoms with Crippen molar-refractivity contribution in [2.45, 2.75) is 11.8 Å². The Balaban J connectivity index is 2.39. The zero-order chi connectivity index (χ0) is 19.3. The molecule has 1 amide bonds. The molecule has 0 aliphatic carbocycles. The number of carbonyl (C=O) groups is 2. The molecule has 8 nitrogen and oxygen atoms in total. The Morgan fingerprint density at radius 1 is 1.04 bits per heavy atom. The number of hydrogen-bond donors (Lipinski definition) is 2. The fraction of sp³-hybridized carbons (Fsp3) is 0.176. The van der Waals surface area contributed by atoms with Crippen LogP contribution in [-0.2, 0) is 19.6 Å². The molecule has 2 aromatic rings. The summed E-state index contributed by atoms with van der Waals surface area (Å²) < 4.78 is 37.5. The Kier molecular flexibility index (Phi) is 5.83. The maximum atomic E-state index is 12.7. The molecule has 0 saturated heterocycles. The molecule has 2 N–H and O–H groups in total. The Bertz CT molecular complexity index is 940. The molecule has 0 aliphatic heterocycles. The molecule has 0 fully saturated rings. The van der Waals surface area contributed by atoms with Crippen molar-refractivity contribution in [3.63, 3.8) is 0 Å². The summed E-state index contributed by atoms with van der Waals surface area (Å²) in [5.74, 6) is -0.769. The van der Waals surface area contributed by atoms with Crippen LogP contribution in [0.3, 0.4) is 0 Å². The molecule has 0 aliphatic rings. The minimum absolute atomic E-state index is 0.0793. The molecule has 0 aromatic heterocycles. The van der Waals surface area contributed by atoms with Crippen LogP contribution in [0.15, 0.2) is 47.4 Å². The first-order chi connectivity index (χ1) is 12.3. The SMILES string of the molecule is COC(=O)c1ccccc1S(=O)(=O)Nc1ccc(NC(C)=O)c(OC)c1. The normalized spacial score (nSPS) is 10.7. The number of nitrogens with one attached hydrogen (secondary N) is 2. The minimum Gasteiger partial charge on any atom is -0.494 e. The molecule has 26 heavy (non-hydrogen) atoms. The highest BCUT2D eigenvalue weighted by Crippen LogP contribution is 2.29. The third-order valence-corrected chi connectivity index (χ3v) is 4.79. The van der Waals surface area contributed by atoms with Crippen LogP contribution < -0.4 is 14.8 Å². The summed E-state index contributed by atoms with van der Waals surface area (Å²) in [5, 5.41) is 2.58. The number of rotatable bonds is 6. The zero-order valence-electron chi connectivity index (χ0n) is 14.4. The third kappa shape index (κ3) is 4.31. The molecule has 138 valence electrons. The second kappa shape index (κ2) is 7.87. The number of esters is 1. The standard InChI is InChI=1S/C17H18N2O6S/c1-11(20)18-14-9-8-12(10-15(14)24-2)19-26(22,23)16-7-5-4-6-13(16)17(21)25-3/h4-10,19H,1-3H3,(H,18,20). The number of carbonyl (C=O) groups excluding carboxylic acids is 2. The summed E-state index contributed by atoms with van der Waals surface area (Å²) in [7, 11) is -1.49. The Labute approximate surface area is 151 Å². The van der Waals surface area contributed by atoms with Gasteiger partial charge in [0.05, 0.1) is 31.2 Å². The van der Waals surface area contributed by atoms with Crippen LogP contribution >= 0.6 is 0 Å². The summed E-state index contributed by atoms with van der Waals surface area (Å²) in [6.07, 6.45) is 0. The van der Waals surface area contributed by atoms with Gasteiger partial charge in [0.25, 0.3) is 10.0 Å². The van der Waals surface area contributed by atoms with Crippen molar-refractivity contribution in [2.24, 2.45) is 0 Å². The van der Waals surface area contributed by atoms with E-state index in [1.165, 1.54) is 63.6 Å². The Morgan fingerprint density at radius 2 is 1.73 bits per heavy atom. The molecule has 9 heteroatoms. The summed E-state index contributed by atoms with van der Waals surface area (Å²) in [6.45, 7) is 1.35. The predicted octanol–water partition coefficient (Wildman–Crippen LogP) is 2.24. The van der Waals surface area contributed by atoms with Gasteiger partial charge in [-0.05, 0) is 24.3 Å². The largest absolute Gasteiger partial charge is 0.494 e. The van der Waals surface area contributed by atoms with Crippen molar-refractivity contribution in [1.29, 1.82) is 0 Å². The summed E-state index contributed by atoms with van der Waals surface area (Å²) in [4.78, 5) is 22.8. The molecule has 0 spiro atoms. The number of benzene rings is 2. The van der Waals surface area contributed by atoms with Gasteiger partial charge >= 0.3 is 5.97 Å². The van der Waals surface area contributed by atoms with Gasteiger partial charge in [-0.1, -0.05) is 12.1 Å². The second-order valence-electron chi connectivity index (χ2n) is 5.19. The van der Waals surface area contributed by atoms with Gasteiger partial charge in [0.15, 0.2) is 0 Å². The van der Waals surface area contributed by atoms with E-state index < -0.39 is 16.0 Å². The van der Waals surface area contributed by atoms with Crippen molar-refractivity contribution in [3.05, 3.63) is 48.0 Å². The van der Waals surface area contributed by atoms with Crippen LogP contribution in [0, 0.1) is 0 Å². The lowest BCUT2D eigenvalue weighted by Gasteiger charge is -2.14. The van der Waals surface area contributed by atoms with Crippen LogP contribution in [0.5, 0.6) is 5.75 Å². The van der Waals surface area contributed by atoms with Crippen molar-refractivity contribution in [3.8, 4) is 5.75 Å². The molecule has 0 unspecified atom stereocenters. The van der Waals surface area contributed by atoms with Crippen LogP contribution in [0.2, 0.25) is 0 Å². The lowest BCUT2D eigenvalue weighted by Crippen LogP contribution is -2.17. The molecular weight excluding hydrogens is 360 g/mol. The number of hydrogen-bond acceptors (Lipinski definition) is 6. The molecular formula is C17H18N2O6S. The first-order valence-electron chi connectivity index (χ1n) is 7.44. The van der Waals surface area contributed by atoms with E-state index >= 15 is 0 Å². The fourth-order valence-electron chi connectivity index (χ4n) is 2.24. The first-order valence-corrected chi connectivity index (χ1v) is 8.92. The molecule has 0 heterocycles. The van der Waals surface area contributed by atoms with E-state index in [0.717, 1.165) is 0 Å². The second-order valence-corrected chi connectivity index (χ2v) is 6.84. The number of sulfonamides is 1. The van der Waals surface area contributed by atoms with E-state index in [1.807, 2.05) is 0 Å². The summed E-state index contributed by atoms with van der Waals surface area (Å²) >= 11 is 0. The summed E-state index contributed by atoms with van der Waals surface area (Å²) in [6, 6.07) is 10.1. The monoisotopic (exact) mass is 378 g/mol. The maximum Gasteiger partial charge on any atom is 0.339 e. The van der Waals surface area contributed by atoms with Gasteiger partial charge in [0, 0.05) is 13.0 Å². The van der Waals surface area contributed by atoms with Gasteiger partial charge in [-0.3, -0.25) is 9.52 Å². The van der Waals surface area contributed by atoms with Crippen molar-refractivity contribution >= 4 is 33.3 Å². The minimum atomic E-state index is -4.05. The number of ether oxygens (including phenoxy) is 2. The van der Waals surface area contributed by atoms with Crippen LogP contribution in [0.4, 0.5) is 11.4 Å². The van der Waals surface area contributed by atoms with Crippen LogP contribution in [0.25, 0.3) is 0 Å². The van der Waals surface area contributed by atoms with Crippen LogP contribution in [0.1, 0.15) is 17.3 Å². The molecule has 0 atom stereocenters. The van der Waals surface area contributed by atoms with Gasteiger partial charge < -0.3 is 14.8 Å². The van der Waals surface area contributed by atoms with Gasteiger partial charge in [0.2, 0.25) is 5.91 Å².